The molecule has 0 bridgehead atoms. The number of benzene rings is 1. The fourth-order valence-electron chi connectivity index (χ4n) is 3.44. The molecule has 2 heterocycles. The van der Waals surface area contributed by atoms with Gasteiger partial charge in [-0.15, -0.1) is 0 Å². The lowest BCUT2D eigenvalue weighted by molar-refractivity contribution is 0.515. The minimum Gasteiger partial charge on any atom is -0.273 e. The maximum atomic E-state index is 12.2. The molecule has 4 nitrogen and oxygen atoms in total. The number of rotatable bonds is 2. The molecule has 5 heteroatoms. The zero-order valence-corrected chi connectivity index (χ0v) is 14.8. The van der Waals surface area contributed by atoms with Gasteiger partial charge < -0.3 is 0 Å². The number of aliphatic imine (C=N–C) groups is 1. The Bertz CT molecular complexity index is 832. The molecule has 1 spiro atoms. The fraction of sp³-hybridized carbons (Fsp3) is 0.389. The van der Waals surface area contributed by atoms with Crippen molar-refractivity contribution in [1.29, 1.82) is 0 Å². The molecule has 0 aromatic heterocycles. The van der Waals surface area contributed by atoms with Crippen LogP contribution in [0, 0.1) is 6.92 Å². The van der Waals surface area contributed by atoms with Crippen LogP contribution in [0.4, 0.5) is 0 Å². The van der Waals surface area contributed by atoms with Gasteiger partial charge in [-0.3, -0.25) is 9.30 Å². The fourth-order valence-corrected chi connectivity index (χ4v) is 4.43. The lowest BCUT2D eigenvalue weighted by Gasteiger charge is -2.27. The first-order valence-electron chi connectivity index (χ1n) is 7.74. The minimum atomic E-state index is -3.32. The molecule has 2 aliphatic heterocycles. The Kier molecular flexibility index (Phi) is 3.71. The standard InChI is InChI=1S/C18H22N2O2S/c1-13-5-7-16(8-6-13)12-17-18(14(2)11-15(3)19-18)9-10-20(17)23(4,21)22/h5-8,11-12H,9-10H2,1-4H3/b17-12+/t18-/m1/s1. The van der Waals surface area contributed by atoms with Gasteiger partial charge in [-0.25, -0.2) is 8.42 Å². The van der Waals surface area contributed by atoms with Crippen molar-refractivity contribution in [2.45, 2.75) is 32.7 Å². The lowest BCUT2D eigenvalue weighted by Crippen LogP contribution is -2.32. The summed E-state index contributed by atoms with van der Waals surface area (Å²) < 4.78 is 26.0. The van der Waals surface area contributed by atoms with E-state index in [1.807, 2.05) is 51.1 Å². The van der Waals surface area contributed by atoms with Crippen LogP contribution in [0.1, 0.15) is 31.4 Å². The van der Waals surface area contributed by atoms with Gasteiger partial charge >= 0.3 is 0 Å². The summed E-state index contributed by atoms with van der Waals surface area (Å²) in [4.78, 5) is 4.81. The summed E-state index contributed by atoms with van der Waals surface area (Å²) in [5.41, 5.74) is 4.46. The molecule has 1 saturated heterocycles. The summed E-state index contributed by atoms with van der Waals surface area (Å²) in [7, 11) is -3.32. The molecule has 1 fully saturated rings. The highest BCUT2D eigenvalue weighted by Gasteiger charge is 2.48. The Morgan fingerprint density at radius 3 is 2.35 bits per heavy atom. The van der Waals surface area contributed by atoms with E-state index in [0.717, 1.165) is 22.5 Å². The molecule has 0 aliphatic carbocycles. The van der Waals surface area contributed by atoms with Gasteiger partial charge in [0.25, 0.3) is 0 Å². The molecule has 0 amide bonds. The molecule has 23 heavy (non-hydrogen) atoms. The molecular weight excluding hydrogens is 308 g/mol. The zero-order valence-electron chi connectivity index (χ0n) is 14.0. The first kappa shape index (κ1) is 16.0. The van der Waals surface area contributed by atoms with Crippen molar-refractivity contribution >= 4 is 21.8 Å². The van der Waals surface area contributed by atoms with Crippen molar-refractivity contribution in [2.24, 2.45) is 4.99 Å². The Morgan fingerprint density at radius 2 is 1.83 bits per heavy atom. The van der Waals surface area contributed by atoms with Crippen LogP contribution in [0.15, 0.2) is 46.6 Å². The molecule has 122 valence electrons. The molecule has 2 aliphatic rings. The topological polar surface area (TPSA) is 49.7 Å². The Balaban J connectivity index is 2.16. The monoisotopic (exact) mass is 330 g/mol. The van der Waals surface area contributed by atoms with E-state index in [2.05, 4.69) is 6.08 Å². The first-order valence-corrected chi connectivity index (χ1v) is 9.59. The van der Waals surface area contributed by atoms with E-state index in [4.69, 9.17) is 4.99 Å². The average Bonchev–Trinajstić information content (AvgIpc) is 2.94. The molecular formula is C18H22N2O2S. The van der Waals surface area contributed by atoms with E-state index in [-0.39, 0.29) is 0 Å². The summed E-state index contributed by atoms with van der Waals surface area (Å²) in [5.74, 6) is 0. The van der Waals surface area contributed by atoms with Crippen LogP contribution in [0.3, 0.4) is 0 Å². The van der Waals surface area contributed by atoms with Gasteiger partial charge in [0.05, 0.1) is 12.0 Å². The Hall–Kier alpha value is -1.88. The van der Waals surface area contributed by atoms with Crippen molar-refractivity contribution in [3.63, 3.8) is 0 Å². The van der Waals surface area contributed by atoms with Gasteiger partial charge in [0.1, 0.15) is 5.54 Å². The summed E-state index contributed by atoms with van der Waals surface area (Å²) in [6.07, 6.45) is 5.97. The van der Waals surface area contributed by atoms with Crippen LogP contribution in [0.5, 0.6) is 0 Å². The van der Waals surface area contributed by atoms with Gasteiger partial charge in [-0.2, -0.15) is 0 Å². The van der Waals surface area contributed by atoms with E-state index in [9.17, 15) is 8.42 Å². The van der Waals surface area contributed by atoms with E-state index >= 15 is 0 Å². The quantitative estimate of drug-likeness (QED) is 0.836. The summed E-state index contributed by atoms with van der Waals surface area (Å²) in [6, 6.07) is 8.09. The van der Waals surface area contributed by atoms with Gasteiger partial charge in [-0.1, -0.05) is 29.8 Å². The third-order valence-corrected chi connectivity index (χ3v) is 5.78. The highest BCUT2D eigenvalue weighted by molar-refractivity contribution is 7.88. The largest absolute Gasteiger partial charge is 0.273 e. The van der Waals surface area contributed by atoms with Crippen molar-refractivity contribution in [2.75, 3.05) is 12.8 Å². The number of sulfonamides is 1. The van der Waals surface area contributed by atoms with Crippen LogP contribution >= 0.6 is 0 Å². The van der Waals surface area contributed by atoms with Crippen LogP contribution < -0.4 is 0 Å². The minimum absolute atomic E-state index is 0.471. The smallest absolute Gasteiger partial charge is 0.232 e. The lowest BCUT2D eigenvalue weighted by atomic mass is 9.88. The van der Waals surface area contributed by atoms with Gasteiger partial charge in [-0.05, 0) is 44.1 Å². The van der Waals surface area contributed by atoms with E-state index in [0.29, 0.717) is 13.0 Å². The maximum absolute atomic E-state index is 12.2. The number of aryl methyl sites for hydroxylation is 1. The summed E-state index contributed by atoms with van der Waals surface area (Å²) >= 11 is 0. The van der Waals surface area contributed by atoms with Crippen molar-refractivity contribution in [1.82, 2.24) is 4.31 Å². The van der Waals surface area contributed by atoms with Crippen molar-refractivity contribution in [3.8, 4) is 0 Å². The second kappa shape index (κ2) is 5.34. The van der Waals surface area contributed by atoms with Crippen LogP contribution in [0.2, 0.25) is 0 Å². The highest BCUT2D eigenvalue weighted by atomic mass is 32.2. The third kappa shape index (κ3) is 2.74. The van der Waals surface area contributed by atoms with Gasteiger partial charge in [0, 0.05) is 18.7 Å². The average molecular weight is 330 g/mol. The molecule has 0 saturated carbocycles. The Morgan fingerprint density at radius 1 is 1.17 bits per heavy atom. The van der Waals surface area contributed by atoms with E-state index in [1.54, 1.807) is 0 Å². The molecule has 0 N–H and O–H groups in total. The second-order valence-corrected chi connectivity index (χ2v) is 8.37. The highest BCUT2D eigenvalue weighted by Crippen LogP contribution is 2.45. The third-order valence-electron chi connectivity index (χ3n) is 4.60. The van der Waals surface area contributed by atoms with Gasteiger partial charge in [0.15, 0.2) is 0 Å². The number of hydrogen-bond donors (Lipinski definition) is 0. The Labute approximate surface area is 138 Å². The molecule has 0 unspecified atom stereocenters. The predicted octanol–water partition coefficient (Wildman–Crippen LogP) is 3.16. The SMILES string of the molecule is CC1=CC(C)=N[C@]12CCN(S(C)(=O)=O)/C2=C/c1ccc(C)cc1. The second-order valence-electron chi connectivity index (χ2n) is 6.47. The molecule has 0 radical (unpaired) electrons. The summed E-state index contributed by atoms with van der Waals surface area (Å²) in [6.45, 7) is 6.51. The number of nitrogens with zero attached hydrogens (tertiary/aromatic N) is 2. The van der Waals surface area contributed by atoms with E-state index < -0.39 is 15.6 Å². The summed E-state index contributed by atoms with van der Waals surface area (Å²) in [5, 5.41) is 0. The van der Waals surface area contributed by atoms with Crippen molar-refractivity contribution in [3.05, 3.63) is 52.7 Å². The van der Waals surface area contributed by atoms with E-state index in [1.165, 1.54) is 16.1 Å². The van der Waals surface area contributed by atoms with Crippen LogP contribution in [-0.4, -0.2) is 36.8 Å². The maximum Gasteiger partial charge on any atom is 0.232 e. The first-order chi connectivity index (χ1) is 10.7. The zero-order chi connectivity index (χ0) is 16.8. The molecule has 1 aromatic rings. The normalized spacial score (nSPS) is 26.1. The predicted molar refractivity (Wildman–Crippen MR) is 94.9 cm³/mol. The number of allylic oxidation sites excluding steroid dienone is 1. The van der Waals surface area contributed by atoms with Crippen LogP contribution in [0.25, 0.3) is 6.08 Å². The van der Waals surface area contributed by atoms with Crippen LogP contribution in [-0.2, 0) is 10.0 Å². The molecule has 3 rings (SSSR count). The number of hydrogen-bond acceptors (Lipinski definition) is 3. The van der Waals surface area contributed by atoms with Gasteiger partial charge in [0.2, 0.25) is 10.0 Å². The molecule has 1 atom stereocenters. The molecule has 1 aromatic carbocycles. The van der Waals surface area contributed by atoms with Crippen molar-refractivity contribution < 1.29 is 8.42 Å².